The number of hydrogen-bond donors (Lipinski definition) is 1. The van der Waals surface area contributed by atoms with E-state index in [9.17, 15) is 18.4 Å². The molecular formula is C25H26F2N2O7. The van der Waals surface area contributed by atoms with E-state index in [2.05, 4.69) is 15.0 Å². The summed E-state index contributed by atoms with van der Waals surface area (Å²) in [6.45, 7) is 3.55. The third-order valence-electron chi connectivity index (χ3n) is 4.50. The van der Waals surface area contributed by atoms with Gasteiger partial charge in [0.15, 0.2) is 29.3 Å². The molecule has 0 aliphatic heterocycles. The van der Waals surface area contributed by atoms with Crippen LogP contribution in [-0.4, -0.2) is 29.3 Å². The lowest BCUT2D eigenvalue weighted by atomic mass is 10.2. The maximum Gasteiger partial charge on any atom is 0.408 e. The molecule has 36 heavy (non-hydrogen) atoms. The number of carbonyl (C=O) groups excluding carboxylic acids is 2. The van der Waals surface area contributed by atoms with Crippen LogP contribution in [0.3, 0.4) is 0 Å². The van der Waals surface area contributed by atoms with Crippen molar-refractivity contribution in [1.82, 2.24) is 10.3 Å². The molecular weight excluding hydrogens is 478 g/mol. The molecule has 1 aromatic heterocycles. The maximum absolute atomic E-state index is 13.0. The minimum atomic E-state index is -3.13. The number of hydrogen-bond acceptors (Lipinski definition) is 8. The van der Waals surface area contributed by atoms with Gasteiger partial charge in [-0.2, -0.15) is 8.78 Å². The molecule has 3 aromatic rings. The van der Waals surface area contributed by atoms with Crippen LogP contribution in [0.4, 0.5) is 13.6 Å². The number of amides is 1. The molecule has 0 fully saturated rings. The first-order chi connectivity index (χ1) is 17.0. The standard InChI is InChI=1S/C25H26F2N2O7/c1-15(29-24(31)36-25(2,3)4)20-19(28-14-33-20)22(30)34-17-11-8-12-18(35-23(26)27)21(17)32-13-16-9-6-5-7-10-16/h5-12,14-15,23H,13H2,1-4H3,(H,29,31)/t15-/m0/s1. The second kappa shape index (κ2) is 11.5. The topological polar surface area (TPSA) is 109 Å². The highest BCUT2D eigenvalue weighted by Crippen LogP contribution is 2.39. The quantitative estimate of drug-likeness (QED) is 0.294. The van der Waals surface area contributed by atoms with Crippen molar-refractivity contribution in [2.45, 2.75) is 52.6 Å². The molecule has 9 nitrogen and oxygen atoms in total. The summed E-state index contributed by atoms with van der Waals surface area (Å²) in [5.74, 6) is -1.63. The van der Waals surface area contributed by atoms with Crippen LogP contribution in [0, 0.1) is 0 Å². The molecule has 2 aromatic carbocycles. The Hall–Kier alpha value is -4.15. The summed E-state index contributed by atoms with van der Waals surface area (Å²) in [5.41, 5.74) is -0.204. The number of oxazole rings is 1. The highest BCUT2D eigenvalue weighted by atomic mass is 19.3. The zero-order valence-corrected chi connectivity index (χ0v) is 20.1. The van der Waals surface area contributed by atoms with Crippen LogP contribution in [0.2, 0.25) is 0 Å². The van der Waals surface area contributed by atoms with Gasteiger partial charge in [-0.25, -0.2) is 14.6 Å². The summed E-state index contributed by atoms with van der Waals surface area (Å²) in [7, 11) is 0. The van der Waals surface area contributed by atoms with Crippen LogP contribution in [0.1, 0.15) is 55.5 Å². The van der Waals surface area contributed by atoms with Gasteiger partial charge in [-0.3, -0.25) is 0 Å². The molecule has 11 heteroatoms. The lowest BCUT2D eigenvalue weighted by Gasteiger charge is -2.21. The van der Waals surface area contributed by atoms with Crippen molar-refractivity contribution < 1.29 is 41.7 Å². The number of nitrogens with one attached hydrogen (secondary N) is 1. The molecule has 1 N–H and O–H groups in total. The third kappa shape index (κ3) is 7.42. The van der Waals surface area contributed by atoms with Gasteiger partial charge >= 0.3 is 18.7 Å². The van der Waals surface area contributed by atoms with Crippen LogP contribution < -0.4 is 19.5 Å². The fourth-order valence-electron chi connectivity index (χ4n) is 3.05. The largest absolute Gasteiger partial charge is 0.482 e. The van der Waals surface area contributed by atoms with Crippen LogP contribution in [0.5, 0.6) is 17.2 Å². The molecule has 0 spiro atoms. The number of rotatable bonds is 9. The van der Waals surface area contributed by atoms with Crippen molar-refractivity contribution in [1.29, 1.82) is 0 Å². The minimum absolute atomic E-state index is 0.00105. The van der Waals surface area contributed by atoms with Crippen molar-refractivity contribution in [2.75, 3.05) is 0 Å². The summed E-state index contributed by atoms with van der Waals surface area (Å²) in [4.78, 5) is 28.9. The van der Waals surface area contributed by atoms with Crippen LogP contribution in [0.15, 0.2) is 59.3 Å². The molecule has 0 saturated carbocycles. The summed E-state index contributed by atoms with van der Waals surface area (Å²) >= 11 is 0. The molecule has 0 aliphatic carbocycles. The van der Waals surface area contributed by atoms with Crippen molar-refractivity contribution >= 4 is 12.1 Å². The number of benzene rings is 2. The molecule has 0 unspecified atom stereocenters. The number of carbonyl (C=O) groups is 2. The normalized spacial score (nSPS) is 12.1. The predicted octanol–water partition coefficient (Wildman–Crippen LogP) is 5.66. The van der Waals surface area contributed by atoms with Gasteiger partial charge in [-0.05, 0) is 45.4 Å². The van der Waals surface area contributed by atoms with E-state index in [0.717, 1.165) is 12.0 Å². The van der Waals surface area contributed by atoms with E-state index in [1.165, 1.54) is 18.2 Å². The molecule has 0 saturated heterocycles. The Morgan fingerprint density at radius 1 is 1.06 bits per heavy atom. The summed E-state index contributed by atoms with van der Waals surface area (Å²) < 4.78 is 52.1. The van der Waals surface area contributed by atoms with Gasteiger partial charge in [-0.1, -0.05) is 36.4 Å². The Bertz CT molecular complexity index is 1180. The highest BCUT2D eigenvalue weighted by molar-refractivity contribution is 5.90. The first kappa shape index (κ1) is 26.5. The molecule has 1 heterocycles. The monoisotopic (exact) mass is 504 g/mol. The molecule has 0 aliphatic rings. The van der Waals surface area contributed by atoms with Gasteiger partial charge in [0, 0.05) is 0 Å². The first-order valence-corrected chi connectivity index (χ1v) is 10.9. The van der Waals surface area contributed by atoms with Crippen molar-refractivity contribution in [3.8, 4) is 17.2 Å². The van der Waals surface area contributed by atoms with E-state index < -0.39 is 30.3 Å². The number of alkyl carbamates (subject to hydrolysis) is 1. The SMILES string of the molecule is C[C@H](NC(=O)OC(C)(C)C)c1ocnc1C(=O)Oc1cccc(OC(F)F)c1OCc1ccccc1. The van der Waals surface area contributed by atoms with E-state index in [1.807, 2.05) is 6.07 Å². The number of aromatic nitrogens is 1. The zero-order valence-electron chi connectivity index (χ0n) is 20.1. The van der Waals surface area contributed by atoms with Gasteiger partial charge in [0.05, 0.1) is 6.04 Å². The van der Waals surface area contributed by atoms with Crippen molar-refractivity contribution in [3.63, 3.8) is 0 Å². The van der Waals surface area contributed by atoms with Gasteiger partial charge in [-0.15, -0.1) is 0 Å². The van der Waals surface area contributed by atoms with E-state index in [-0.39, 0.29) is 35.3 Å². The zero-order chi connectivity index (χ0) is 26.3. The Balaban J connectivity index is 1.81. The number of alkyl halides is 2. The predicted molar refractivity (Wildman–Crippen MR) is 123 cm³/mol. The van der Waals surface area contributed by atoms with Gasteiger partial charge in [0.1, 0.15) is 12.2 Å². The summed E-state index contributed by atoms with van der Waals surface area (Å²) in [5, 5.41) is 2.55. The first-order valence-electron chi connectivity index (χ1n) is 10.9. The Labute approximate surface area is 206 Å². The highest BCUT2D eigenvalue weighted by Gasteiger charge is 2.28. The van der Waals surface area contributed by atoms with E-state index in [0.29, 0.717) is 0 Å². The number of para-hydroxylation sites is 1. The van der Waals surface area contributed by atoms with Gasteiger partial charge < -0.3 is 28.7 Å². The minimum Gasteiger partial charge on any atom is -0.482 e. The van der Waals surface area contributed by atoms with Gasteiger partial charge in [0.2, 0.25) is 5.75 Å². The van der Waals surface area contributed by atoms with E-state index >= 15 is 0 Å². The lowest BCUT2D eigenvalue weighted by molar-refractivity contribution is -0.0517. The van der Waals surface area contributed by atoms with Crippen LogP contribution in [-0.2, 0) is 11.3 Å². The van der Waals surface area contributed by atoms with Gasteiger partial charge in [0.25, 0.3) is 0 Å². The number of esters is 1. The average molecular weight is 504 g/mol. The summed E-state index contributed by atoms with van der Waals surface area (Å²) in [6.07, 6.45) is 0.293. The van der Waals surface area contributed by atoms with Crippen LogP contribution in [0.25, 0.3) is 0 Å². The van der Waals surface area contributed by atoms with Crippen LogP contribution >= 0.6 is 0 Å². The molecule has 1 atom stereocenters. The molecule has 0 radical (unpaired) electrons. The molecule has 1 amide bonds. The third-order valence-corrected chi connectivity index (χ3v) is 4.50. The maximum atomic E-state index is 13.0. The molecule has 3 rings (SSSR count). The Morgan fingerprint density at radius 3 is 2.42 bits per heavy atom. The fraction of sp³-hybridized carbons (Fsp3) is 0.320. The number of nitrogens with zero attached hydrogens (tertiary/aromatic N) is 1. The number of ether oxygens (including phenoxy) is 4. The van der Waals surface area contributed by atoms with E-state index in [1.54, 1.807) is 52.0 Å². The Morgan fingerprint density at radius 2 is 1.75 bits per heavy atom. The second-order valence-electron chi connectivity index (χ2n) is 8.56. The summed E-state index contributed by atoms with van der Waals surface area (Å²) in [6, 6.07) is 12.2. The van der Waals surface area contributed by atoms with Crippen molar-refractivity contribution in [3.05, 3.63) is 71.9 Å². The molecule has 192 valence electrons. The van der Waals surface area contributed by atoms with E-state index in [4.69, 9.17) is 18.6 Å². The Kier molecular flexibility index (Phi) is 8.46. The fourth-order valence-corrected chi connectivity index (χ4v) is 3.05. The molecule has 0 bridgehead atoms. The number of halogens is 2. The smallest absolute Gasteiger partial charge is 0.408 e. The lowest BCUT2D eigenvalue weighted by Crippen LogP contribution is -2.34. The average Bonchev–Trinajstić information content (AvgIpc) is 3.28. The second-order valence-corrected chi connectivity index (χ2v) is 8.56. The van der Waals surface area contributed by atoms with Crippen molar-refractivity contribution in [2.24, 2.45) is 0 Å².